The van der Waals surface area contributed by atoms with Gasteiger partial charge in [0.15, 0.2) is 0 Å². The van der Waals surface area contributed by atoms with E-state index >= 15 is 0 Å². The van der Waals surface area contributed by atoms with Crippen molar-refractivity contribution in [2.24, 2.45) is 5.41 Å². The number of nitrogens with zero attached hydrogens (tertiary/aromatic N) is 5. The van der Waals surface area contributed by atoms with Crippen LogP contribution in [0.5, 0.6) is 0 Å². The largest absolute Gasteiger partial charge is 0.337 e. The number of hydrogen-bond acceptors (Lipinski definition) is 4. The molecule has 1 amide bonds. The van der Waals surface area contributed by atoms with Gasteiger partial charge in [-0.3, -0.25) is 9.48 Å². The minimum atomic E-state index is 0.0253. The molecule has 3 aromatic rings. The van der Waals surface area contributed by atoms with Gasteiger partial charge in [-0.05, 0) is 42.0 Å². The first-order valence-corrected chi connectivity index (χ1v) is 10.8. The predicted octanol–water partition coefficient (Wildman–Crippen LogP) is 4.65. The van der Waals surface area contributed by atoms with Crippen LogP contribution >= 0.6 is 0 Å². The third-order valence-corrected chi connectivity index (χ3v) is 6.69. The third-order valence-electron chi connectivity index (χ3n) is 6.69. The lowest BCUT2D eigenvalue weighted by molar-refractivity contribution is 0.0816. The Morgan fingerprint density at radius 2 is 1.94 bits per heavy atom. The van der Waals surface area contributed by atoms with Crippen molar-refractivity contribution in [1.82, 2.24) is 19.7 Å². The van der Waals surface area contributed by atoms with Gasteiger partial charge in [0.25, 0.3) is 5.91 Å². The molecule has 0 atom stereocenters. The lowest BCUT2D eigenvalue weighted by Crippen LogP contribution is -2.19. The van der Waals surface area contributed by atoms with Crippen LogP contribution in [0.2, 0.25) is 0 Å². The second-order valence-corrected chi connectivity index (χ2v) is 9.18. The molecule has 1 fully saturated rings. The van der Waals surface area contributed by atoms with Crippen LogP contribution in [0, 0.1) is 16.7 Å². The van der Waals surface area contributed by atoms with E-state index < -0.39 is 0 Å². The molecule has 0 unspecified atom stereocenters. The Labute approximate surface area is 182 Å². The molecule has 5 rings (SSSR count). The summed E-state index contributed by atoms with van der Waals surface area (Å²) in [5.74, 6) is 0.0253. The van der Waals surface area contributed by atoms with Crippen LogP contribution in [0.15, 0.2) is 42.7 Å². The van der Waals surface area contributed by atoms with Crippen molar-refractivity contribution in [1.29, 1.82) is 5.26 Å². The highest BCUT2D eigenvalue weighted by atomic mass is 16.2. The molecule has 0 spiro atoms. The zero-order chi connectivity index (χ0) is 21.6. The van der Waals surface area contributed by atoms with Crippen LogP contribution in [-0.4, -0.2) is 32.6 Å². The molecule has 3 heterocycles. The number of nitriles is 1. The summed E-state index contributed by atoms with van der Waals surface area (Å²) in [6, 6.07) is 11.9. The summed E-state index contributed by atoms with van der Waals surface area (Å²) >= 11 is 0. The lowest BCUT2D eigenvalue weighted by Gasteiger charge is -2.22. The van der Waals surface area contributed by atoms with Crippen molar-refractivity contribution in [2.45, 2.75) is 45.7 Å². The molecule has 1 aromatic carbocycles. The zero-order valence-corrected chi connectivity index (χ0v) is 17.9. The minimum Gasteiger partial charge on any atom is -0.337 e. The van der Waals surface area contributed by atoms with Crippen molar-refractivity contribution in [3.63, 3.8) is 0 Å². The van der Waals surface area contributed by atoms with Gasteiger partial charge in [-0.25, -0.2) is 4.98 Å². The summed E-state index contributed by atoms with van der Waals surface area (Å²) in [7, 11) is 1.80. The number of carbonyl (C=O) groups excluding carboxylic acids is 1. The number of carbonyl (C=O) groups is 1. The first-order valence-electron chi connectivity index (χ1n) is 10.8. The summed E-state index contributed by atoms with van der Waals surface area (Å²) in [5, 5.41) is 14.3. The molecular formula is C25H25N5O. The van der Waals surface area contributed by atoms with Crippen LogP contribution in [-0.2, 0) is 13.1 Å². The third kappa shape index (κ3) is 3.50. The van der Waals surface area contributed by atoms with E-state index in [1.165, 1.54) is 25.7 Å². The Hall–Kier alpha value is -3.46. The lowest BCUT2D eigenvalue weighted by atomic mass is 9.89. The van der Waals surface area contributed by atoms with Gasteiger partial charge in [-0.15, -0.1) is 0 Å². The maximum Gasteiger partial charge on any atom is 0.254 e. The molecule has 2 aromatic heterocycles. The second kappa shape index (κ2) is 7.35. The summed E-state index contributed by atoms with van der Waals surface area (Å²) in [6.07, 6.45) is 8.89. The molecule has 1 aliphatic heterocycles. The Morgan fingerprint density at radius 3 is 2.71 bits per heavy atom. The number of benzene rings is 1. The zero-order valence-electron chi connectivity index (χ0n) is 17.9. The highest BCUT2D eigenvalue weighted by molar-refractivity contribution is 5.99. The molecule has 0 radical (unpaired) electrons. The van der Waals surface area contributed by atoms with Crippen molar-refractivity contribution < 1.29 is 4.79 Å². The van der Waals surface area contributed by atoms with E-state index in [0.717, 1.165) is 28.8 Å². The maximum absolute atomic E-state index is 12.3. The Kier molecular flexibility index (Phi) is 4.62. The number of pyridine rings is 1. The van der Waals surface area contributed by atoms with E-state index in [0.29, 0.717) is 28.9 Å². The number of hydrogen-bond donors (Lipinski definition) is 0. The highest BCUT2D eigenvalue weighted by Crippen LogP contribution is 2.39. The quantitative estimate of drug-likeness (QED) is 0.626. The standard InChI is InChI=1S/C25H25N5O/c1-25(9-3-4-10-25)16-30-15-19(13-27-30)20-7-8-22(28-23(20)12-26)17-5-6-18-14-29(2)24(31)21(18)11-17/h5-8,11,13,15H,3-4,9-10,14,16H2,1-2H3. The van der Waals surface area contributed by atoms with Crippen LogP contribution in [0.25, 0.3) is 22.4 Å². The monoisotopic (exact) mass is 411 g/mol. The minimum absolute atomic E-state index is 0.0253. The summed E-state index contributed by atoms with van der Waals surface area (Å²) in [6.45, 7) is 3.86. The topological polar surface area (TPSA) is 74.8 Å². The van der Waals surface area contributed by atoms with Gasteiger partial charge in [-0.1, -0.05) is 31.9 Å². The first kappa shape index (κ1) is 19.5. The van der Waals surface area contributed by atoms with E-state index in [1.54, 1.807) is 11.9 Å². The fourth-order valence-electron chi connectivity index (χ4n) is 4.91. The summed E-state index contributed by atoms with van der Waals surface area (Å²) in [5.41, 5.74) is 5.64. The Balaban J connectivity index is 1.44. The molecule has 6 heteroatoms. The number of rotatable bonds is 4. The molecular weight excluding hydrogens is 386 g/mol. The van der Waals surface area contributed by atoms with Crippen LogP contribution in [0.3, 0.4) is 0 Å². The molecule has 2 aliphatic rings. The SMILES string of the molecule is CN1Cc2ccc(-c3ccc(-c4cnn(CC5(C)CCCC5)c4)c(C#N)n3)cc2C1=O. The molecule has 6 nitrogen and oxygen atoms in total. The van der Waals surface area contributed by atoms with Gasteiger partial charge in [0.05, 0.1) is 11.9 Å². The molecule has 31 heavy (non-hydrogen) atoms. The fraction of sp³-hybridized carbons (Fsp3) is 0.360. The van der Waals surface area contributed by atoms with Crippen molar-refractivity contribution in [3.8, 4) is 28.5 Å². The van der Waals surface area contributed by atoms with Gasteiger partial charge in [-0.2, -0.15) is 10.4 Å². The second-order valence-electron chi connectivity index (χ2n) is 9.18. The number of amides is 1. The van der Waals surface area contributed by atoms with Crippen molar-refractivity contribution in [3.05, 3.63) is 59.5 Å². The average Bonchev–Trinajstić information content (AvgIpc) is 3.48. The predicted molar refractivity (Wildman–Crippen MR) is 118 cm³/mol. The molecule has 0 saturated heterocycles. The van der Waals surface area contributed by atoms with Crippen LogP contribution < -0.4 is 0 Å². The summed E-state index contributed by atoms with van der Waals surface area (Å²) < 4.78 is 2.00. The summed E-state index contributed by atoms with van der Waals surface area (Å²) in [4.78, 5) is 18.6. The maximum atomic E-state index is 12.3. The van der Waals surface area contributed by atoms with Crippen molar-refractivity contribution >= 4 is 5.91 Å². The fourth-order valence-corrected chi connectivity index (χ4v) is 4.91. The van der Waals surface area contributed by atoms with E-state index in [4.69, 9.17) is 0 Å². The van der Waals surface area contributed by atoms with E-state index in [1.807, 2.05) is 47.4 Å². The first-order chi connectivity index (χ1) is 15.0. The number of fused-ring (bicyclic) bond motifs is 1. The normalized spacial score (nSPS) is 17.1. The Bertz CT molecular complexity index is 1210. The number of aromatic nitrogens is 3. The van der Waals surface area contributed by atoms with Gasteiger partial charge in [0.2, 0.25) is 0 Å². The van der Waals surface area contributed by atoms with Crippen LogP contribution in [0.1, 0.15) is 54.2 Å². The van der Waals surface area contributed by atoms with Gasteiger partial charge in [0, 0.05) is 48.6 Å². The van der Waals surface area contributed by atoms with E-state index in [9.17, 15) is 10.1 Å². The molecule has 0 N–H and O–H groups in total. The molecule has 156 valence electrons. The van der Waals surface area contributed by atoms with E-state index in [-0.39, 0.29) is 5.91 Å². The van der Waals surface area contributed by atoms with Gasteiger partial charge in [0.1, 0.15) is 11.8 Å². The highest BCUT2D eigenvalue weighted by Gasteiger charge is 2.29. The molecule has 1 aliphatic carbocycles. The van der Waals surface area contributed by atoms with E-state index in [2.05, 4.69) is 23.1 Å². The van der Waals surface area contributed by atoms with Crippen LogP contribution in [0.4, 0.5) is 0 Å². The van der Waals surface area contributed by atoms with Crippen molar-refractivity contribution in [2.75, 3.05) is 7.05 Å². The smallest absolute Gasteiger partial charge is 0.254 e. The van der Waals surface area contributed by atoms with Gasteiger partial charge < -0.3 is 4.90 Å². The molecule has 1 saturated carbocycles. The Morgan fingerprint density at radius 1 is 1.13 bits per heavy atom. The molecule has 0 bridgehead atoms. The van der Waals surface area contributed by atoms with Gasteiger partial charge >= 0.3 is 0 Å². The average molecular weight is 412 g/mol.